The third-order valence-electron chi connectivity index (χ3n) is 3.87. The number of ether oxygens (including phenoxy) is 1. The second-order valence-electron chi connectivity index (χ2n) is 6.17. The maximum absolute atomic E-state index is 13.0. The number of thiazole rings is 1. The van der Waals surface area contributed by atoms with E-state index in [9.17, 15) is 17.6 Å². The fourth-order valence-electron chi connectivity index (χ4n) is 2.46. The van der Waals surface area contributed by atoms with Gasteiger partial charge in [-0.05, 0) is 55.0 Å². The third kappa shape index (κ3) is 5.61. The molecule has 0 bridgehead atoms. The van der Waals surface area contributed by atoms with Crippen LogP contribution < -0.4 is 10.1 Å². The highest BCUT2D eigenvalue weighted by Gasteiger charge is 2.20. The Kier molecular flexibility index (Phi) is 6.60. The third-order valence-corrected chi connectivity index (χ3v) is 6.26. The van der Waals surface area contributed by atoms with Crippen molar-refractivity contribution in [2.24, 2.45) is 0 Å². The van der Waals surface area contributed by atoms with E-state index in [2.05, 4.69) is 10.3 Å². The van der Waals surface area contributed by atoms with E-state index in [-0.39, 0.29) is 4.90 Å². The summed E-state index contributed by atoms with van der Waals surface area (Å²) in [5.74, 6) is -1.24. The second kappa shape index (κ2) is 9.15. The molecule has 0 atom stereocenters. The van der Waals surface area contributed by atoms with Crippen LogP contribution in [0.25, 0.3) is 11.3 Å². The van der Waals surface area contributed by atoms with Crippen molar-refractivity contribution in [1.82, 2.24) is 4.98 Å². The van der Waals surface area contributed by atoms with Crippen molar-refractivity contribution in [3.8, 4) is 17.0 Å². The van der Waals surface area contributed by atoms with Gasteiger partial charge in [-0.3, -0.25) is 4.79 Å². The van der Waals surface area contributed by atoms with Gasteiger partial charge in [-0.1, -0.05) is 6.92 Å². The normalized spacial score (nSPS) is 11.2. The Hall–Kier alpha value is -2.78. The summed E-state index contributed by atoms with van der Waals surface area (Å²) in [6.07, 6.45) is 0.924. The summed E-state index contributed by atoms with van der Waals surface area (Å²) < 4.78 is 43.0. The van der Waals surface area contributed by atoms with Crippen molar-refractivity contribution in [3.63, 3.8) is 0 Å². The molecule has 6 nitrogen and oxygen atoms in total. The number of halogens is 1. The summed E-state index contributed by atoms with van der Waals surface area (Å²) in [4.78, 5) is 16.4. The minimum Gasteiger partial charge on any atom is -0.494 e. The van der Waals surface area contributed by atoms with Gasteiger partial charge in [0.1, 0.15) is 17.3 Å². The van der Waals surface area contributed by atoms with Crippen LogP contribution in [0.3, 0.4) is 0 Å². The van der Waals surface area contributed by atoms with Crippen LogP contribution in [0, 0.1) is 5.82 Å². The van der Waals surface area contributed by atoms with E-state index in [4.69, 9.17) is 4.74 Å². The van der Waals surface area contributed by atoms with Crippen LogP contribution >= 0.6 is 11.3 Å². The number of rotatable bonds is 8. The van der Waals surface area contributed by atoms with Crippen LogP contribution in [0.15, 0.2) is 58.8 Å². The maximum Gasteiger partial charge on any atom is 0.241 e. The van der Waals surface area contributed by atoms with Gasteiger partial charge >= 0.3 is 0 Å². The molecule has 0 aliphatic rings. The highest BCUT2D eigenvalue weighted by Crippen LogP contribution is 2.26. The van der Waals surface area contributed by atoms with Crippen molar-refractivity contribution in [3.05, 3.63) is 59.7 Å². The molecule has 3 aromatic rings. The molecule has 0 unspecified atom stereocenters. The zero-order chi connectivity index (χ0) is 20.9. The van der Waals surface area contributed by atoms with Crippen LogP contribution in [-0.2, 0) is 14.6 Å². The molecule has 0 radical (unpaired) electrons. The average Bonchev–Trinajstić information content (AvgIpc) is 3.15. The van der Waals surface area contributed by atoms with Gasteiger partial charge in [0.05, 0.1) is 17.2 Å². The predicted octanol–water partition coefficient (Wildman–Crippen LogP) is 4.15. The monoisotopic (exact) mass is 434 g/mol. The first kappa shape index (κ1) is 20.9. The van der Waals surface area contributed by atoms with Crippen LogP contribution in [-0.4, -0.2) is 31.7 Å². The molecule has 1 N–H and O–H groups in total. The average molecular weight is 435 g/mol. The van der Waals surface area contributed by atoms with E-state index >= 15 is 0 Å². The zero-order valence-corrected chi connectivity index (χ0v) is 17.2. The van der Waals surface area contributed by atoms with E-state index in [0.717, 1.165) is 42.0 Å². The molecule has 9 heteroatoms. The fourth-order valence-corrected chi connectivity index (χ4v) is 4.33. The number of aromatic nitrogens is 1. The van der Waals surface area contributed by atoms with Crippen molar-refractivity contribution in [2.45, 2.75) is 18.2 Å². The maximum atomic E-state index is 13.0. The number of anilines is 1. The summed E-state index contributed by atoms with van der Waals surface area (Å²) in [5, 5.41) is 4.57. The number of amides is 1. The lowest BCUT2D eigenvalue weighted by atomic mass is 10.2. The molecule has 0 spiro atoms. The molecule has 0 fully saturated rings. The van der Waals surface area contributed by atoms with Gasteiger partial charge in [-0.25, -0.2) is 17.8 Å². The molecule has 0 saturated heterocycles. The lowest BCUT2D eigenvalue weighted by molar-refractivity contribution is -0.113. The largest absolute Gasteiger partial charge is 0.494 e. The smallest absolute Gasteiger partial charge is 0.241 e. The van der Waals surface area contributed by atoms with Crippen molar-refractivity contribution in [2.75, 3.05) is 17.7 Å². The molecule has 0 aliphatic carbocycles. The molecule has 1 amide bonds. The summed E-state index contributed by atoms with van der Waals surface area (Å²) in [5.41, 5.74) is 1.51. The molecule has 0 saturated carbocycles. The number of nitrogens with one attached hydrogen (secondary N) is 1. The SMILES string of the molecule is CCCOc1ccc(-c2csc(NC(=O)CS(=O)(=O)c3ccc(F)cc3)n2)cc1. The number of carbonyl (C=O) groups is 1. The fraction of sp³-hybridized carbons (Fsp3) is 0.200. The Labute approximate surface area is 172 Å². The summed E-state index contributed by atoms with van der Waals surface area (Å²) in [6, 6.07) is 11.8. The van der Waals surface area contributed by atoms with E-state index in [0.29, 0.717) is 17.4 Å². The van der Waals surface area contributed by atoms with Gasteiger partial charge in [0.2, 0.25) is 5.91 Å². The minimum atomic E-state index is -3.87. The van der Waals surface area contributed by atoms with Crippen LogP contribution in [0.4, 0.5) is 9.52 Å². The molecule has 1 heterocycles. The Bertz CT molecular complexity index is 1080. The number of nitrogens with zero attached hydrogens (tertiary/aromatic N) is 1. The summed E-state index contributed by atoms with van der Waals surface area (Å²) in [6.45, 7) is 2.68. The van der Waals surface area contributed by atoms with Gasteiger partial charge < -0.3 is 10.1 Å². The number of carbonyl (C=O) groups excluding carboxylic acids is 1. The van der Waals surface area contributed by atoms with Crippen LogP contribution in [0.5, 0.6) is 5.75 Å². The van der Waals surface area contributed by atoms with Crippen molar-refractivity contribution < 1.29 is 22.3 Å². The Morgan fingerprint density at radius 2 is 1.83 bits per heavy atom. The number of benzene rings is 2. The molecule has 29 heavy (non-hydrogen) atoms. The molecule has 3 rings (SSSR count). The van der Waals surface area contributed by atoms with Crippen molar-refractivity contribution >= 4 is 32.2 Å². The molecule has 152 valence electrons. The number of sulfone groups is 1. The summed E-state index contributed by atoms with van der Waals surface area (Å²) >= 11 is 1.20. The highest BCUT2D eigenvalue weighted by atomic mass is 32.2. The van der Waals surface area contributed by atoms with Gasteiger partial charge in [-0.2, -0.15) is 0 Å². The zero-order valence-electron chi connectivity index (χ0n) is 15.6. The van der Waals surface area contributed by atoms with E-state index in [1.165, 1.54) is 11.3 Å². The minimum absolute atomic E-state index is 0.112. The standard InChI is InChI=1S/C20H19FN2O4S2/c1-2-11-27-16-7-3-14(4-8-16)18-12-28-20(22-18)23-19(24)13-29(25,26)17-9-5-15(21)6-10-17/h3-10,12H,2,11,13H2,1H3,(H,22,23,24). The van der Waals surface area contributed by atoms with Gasteiger partial charge in [0.25, 0.3) is 0 Å². The second-order valence-corrected chi connectivity index (χ2v) is 9.02. The Balaban J connectivity index is 1.63. The predicted molar refractivity (Wildman–Crippen MR) is 110 cm³/mol. The molecule has 2 aromatic carbocycles. The molecule has 1 aromatic heterocycles. The molecular weight excluding hydrogens is 415 g/mol. The number of hydrogen-bond acceptors (Lipinski definition) is 6. The quantitative estimate of drug-likeness (QED) is 0.539. The first-order valence-corrected chi connectivity index (χ1v) is 11.4. The van der Waals surface area contributed by atoms with E-state index < -0.39 is 27.3 Å². The lowest BCUT2D eigenvalue weighted by Gasteiger charge is -2.05. The van der Waals surface area contributed by atoms with Gasteiger partial charge in [-0.15, -0.1) is 11.3 Å². The number of hydrogen-bond donors (Lipinski definition) is 1. The first-order valence-electron chi connectivity index (χ1n) is 8.84. The van der Waals surface area contributed by atoms with Gasteiger partial charge in [0.15, 0.2) is 15.0 Å². The van der Waals surface area contributed by atoms with Crippen LogP contribution in [0.2, 0.25) is 0 Å². The Morgan fingerprint density at radius 1 is 1.14 bits per heavy atom. The van der Waals surface area contributed by atoms with E-state index in [1.807, 2.05) is 31.2 Å². The molecule has 0 aliphatic heterocycles. The van der Waals surface area contributed by atoms with Crippen LogP contribution in [0.1, 0.15) is 13.3 Å². The van der Waals surface area contributed by atoms with Gasteiger partial charge in [0, 0.05) is 10.9 Å². The molecular formula is C20H19FN2O4S2. The first-order chi connectivity index (χ1) is 13.9. The topological polar surface area (TPSA) is 85.4 Å². The summed E-state index contributed by atoms with van der Waals surface area (Å²) in [7, 11) is -3.87. The van der Waals surface area contributed by atoms with Crippen molar-refractivity contribution in [1.29, 1.82) is 0 Å². The highest BCUT2D eigenvalue weighted by molar-refractivity contribution is 7.92. The van der Waals surface area contributed by atoms with E-state index in [1.54, 1.807) is 5.38 Å². The Morgan fingerprint density at radius 3 is 2.48 bits per heavy atom. The lowest BCUT2D eigenvalue weighted by Crippen LogP contribution is -2.23.